The summed E-state index contributed by atoms with van der Waals surface area (Å²) >= 11 is 0. The summed E-state index contributed by atoms with van der Waals surface area (Å²) in [5, 5.41) is 6.73. The number of hydrogen-bond donors (Lipinski definition) is 2. The maximum atomic E-state index is 11.9. The van der Waals surface area contributed by atoms with Gasteiger partial charge in [-0.2, -0.15) is 0 Å². The lowest BCUT2D eigenvalue weighted by Crippen LogP contribution is -2.53. The van der Waals surface area contributed by atoms with Gasteiger partial charge in [0.2, 0.25) is 5.91 Å². The molecule has 1 amide bonds. The van der Waals surface area contributed by atoms with Crippen LogP contribution in [-0.4, -0.2) is 87.7 Å². The lowest BCUT2D eigenvalue weighted by molar-refractivity contribution is -0.127. The molecule has 2 N–H and O–H groups in total. The Morgan fingerprint density at radius 2 is 1.82 bits per heavy atom. The number of nitrogens with one attached hydrogen (secondary N) is 2. The Labute approximate surface area is 188 Å². The Morgan fingerprint density at radius 3 is 2.32 bits per heavy atom. The maximum Gasteiger partial charge on any atom is 0.243 e. The molecular weight excluding hydrogens is 469 g/mol. The first-order chi connectivity index (χ1) is 12.9. The van der Waals surface area contributed by atoms with Gasteiger partial charge < -0.3 is 20.3 Å². The predicted molar refractivity (Wildman–Crippen MR) is 127 cm³/mol. The highest BCUT2D eigenvalue weighted by Crippen LogP contribution is 2.19. The van der Waals surface area contributed by atoms with Crippen molar-refractivity contribution < 1.29 is 9.53 Å². The van der Waals surface area contributed by atoms with Gasteiger partial charge in [0.1, 0.15) is 6.54 Å². The third kappa shape index (κ3) is 10.1. The van der Waals surface area contributed by atoms with E-state index in [4.69, 9.17) is 4.74 Å². The second kappa shape index (κ2) is 15.0. The minimum absolute atomic E-state index is 0. The van der Waals surface area contributed by atoms with Gasteiger partial charge in [0.25, 0.3) is 0 Å². The van der Waals surface area contributed by atoms with Gasteiger partial charge in [0, 0.05) is 46.3 Å². The Morgan fingerprint density at radius 1 is 1.21 bits per heavy atom. The Bertz CT molecular complexity index is 489. The number of nitrogens with zero attached hydrogens (tertiary/aromatic N) is 3. The zero-order valence-electron chi connectivity index (χ0n) is 18.3. The molecule has 7 nitrogen and oxygen atoms in total. The predicted octanol–water partition coefficient (Wildman–Crippen LogP) is 1.94. The first-order valence-electron chi connectivity index (χ1n) is 10.1. The number of ether oxygens (including phenoxy) is 1. The zero-order chi connectivity index (χ0) is 20.2. The molecule has 164 valence electrons. The van der Waals surface area contributed by atoms with Crippen molar-refractivity contribution in [2.45, 2.75) is 39.7 Å². The summed E-state index contributed by atoms with van der Waals surface area (Å²) in [5.74, 6) is 1.26. The van der Waals surface area contributed by atoms with Crippen molar-refractivity contribution in [3.8, 4) is 0 Å². The molecule has 0 aliphatic carbocycles. The molecule has 0 spiro atoms. The average Bonchev–Trinajstić information content (AvgIpc) is 2.66. The summed E-state index contributed by atoms with van der Waals surface area (Å²) in [6.45, 7) is 15.5. The summed E-state index contributed by atoms with van der Waals surface area (Å²) in [5.41, 5.74) is 1.02. The van der Waals surface area contributed by atoms with Crippen molar-refractivity contribution in [1.29, 1.82) is 0 Å². The first kappa shape index (κ1) is 27.1. The largest absolute Gasteiger partial charge is 0.379 e. The molecule has 1 fully saturated rings. The topological polar surface area (TPSA) is 69.2 Å². The first-order valence-corrected chi connectivity index (χ1v) is 10.1. The fourth-order valence-electron chi connectivity index (χ4n) is 3.23. The van der Waals surface area contributed by atoms with Crippen LogP contribution in [0.3, 0.4) is 0 Å². The Balaban J connectivity index is 0.00000729. The summed E-state index contributed by atoms with van der Waals surface area (Å²) < 4.78 is 5.52. The highest BCUT2D eigenvalue weighted by Gasteiger charge is 2.27. The van der Waals surface area contributed by atoms with E-state index >= 15 is 0 Å². The van der Waals surface area contributed by atoms with Crippen LogP contribution in [0.15, 0.2) is 17.1 Å². The van der Waals surface area contributed by atoms with E-state index in [-0.39, 0.29) is 36.4 Å². The third-order valence-electron chi connectivity index (χ3n) is 5.02. The van der Waals surface area contributed by atoms with E-state index in [0.717, 1.165) is 51.3 Å². The van der Waals surface area contributed by atoms with Crippen molar-refractivity contribution >= 4 is 35.8 Å². The highest BCUT2D eigenvalue weighted by atomic mass is 127. The molecule has 1 rings (SSSR count). The number of morpholine rings is 1. The fraction of sp³-hybridized carbons (Fsp3) is 0.800. The average molecular weight is 509 g/mol. The molecule has 0 aromatic heterocycles. The van der Waals surface area contributed by atoms with Crippen LogP contribution in [0.5, 0.6) is 0 Å². The molecule has 1 saturated heterocycles. The molecule has 1 aliphatic heterocycles. The van der Waals surface area contributed by atoms with Gasteiger partial charge in [0.05, 0.1) is 13.2 Å². The number of halogens is 1. The molecular formula is C20H40IN5O2. The number of likely N-dealkylation sites (N-methyl/N-ethyl adjacent to an activating group) is 1. The van der Waals surface area contributed by atoms with Gasteiger partial charge in [-0.25, -0.2) is 4.99 Å². The number of rotatable bonds is 10. The summed E-state index contributed by atoms with van der Waals surface area (Å²) in [4.78, 5) is 20.4. The van der Waals surface area contributed by atoms with Crippen LogP contribution >= 0.6 is 24.0 Å². The molecule has 28 heavy (non-hydrogen) atoms. The lowest BCUT2D eigenvalue weighted by atomic mass is 9.92. The molecule has 1 heterocycles. The van der Waals surface area contributed by atoms with E-state index in [9.17, 15) is 4.79 Å². The van der Waals surface area contributed by atoms with Crippen LogP contribution in [0.4, 0.5) is 0 Å². The minimum atomic E-state index is -0.0175. The van der Waals surface area contributed by atoms with Crippen LogP contribution in [0.1, 0.15) is 33.6 Å². The molecule has 8 heteroatoms. The van der Waals surface area contributed by atoms with E-state index in [1.807, 2.05) is 6.92 Å². The second-order valence-electron chi connectivity index (χ2n) is 7.44. The molecule has 1 atom stereocenters. The standard InChI is InChI=1S/C20H39N5O2.HI/c1-7-17(8-2)18(25-9-11-27-12-10-25)14-22-20(21-13-16(3)4)23-15-19(26)24(5)6;/h17-18H,3,7-15H2,1-2,4-6H3,(H2,21,22,23);1H. The molecule has 0 bridgehead atoms. The number of hydrogen-bond acceptors (Lipinski definition) is 4. The fourth-order valence-corrected chi connectivity index (χ4v) is 3.23. The van der Waals surface area contributed by atoms with E-state index in [1.165, 1.54) is 0 Å². The van der Waals surface area contributed by atoms with Crippen LogP contribution in [-0.2, 0) is 9.53 Å². The molecule has 1 unspecified atom stereocenters. The van der Waals surface area contributed by atoms with E-state index in [2.05, 4.69) is 41.0 Å². The van der Waals surface area contributed by atoms with Crippen molar-refractivity contribution in [2.24, 2.45) is 10.9 Å². The van der Waals surface area contributed by atoms with Gasteiger partial charge in [-0.1, -0.05) is 38.8 Å². The molecule has 0 aromatic rings. The van der Waals surface area contributed by atoms with Gasteiger partial charge in [-0.3, -0.25) is 9.69 Å². The normalized spacial score (nSPS) is 16.3. The second-order valence-corrected chi connectivity index (χ2v) is 7.44. The molecule has 0 radical (unpaired) electrons. The van der Waals surface area contributed by atoms with Crippen LogP contribution in [0.25, 0.3) is 0 Å². The quantitative estimate of drug-likeness (QED) is 0.204. The number of amides is 1. The summed E-state index contributed by atoms with van der Waals surface area (Å²) in [6.07, 6.45) is 2.29. The number of carbonyl (C=O) groups excluding carboxylic acids is 1. The van der Waals surface area contributed by atoms with Crippen molar-refractivity contribution in [3.63, 3.8) is 0 Å². The van der Waals surface area contributed by atoms with Crippen LogP contribution < -0.4 is 10.6 Å². The van der Waals surface area contributed by atoms with Gasteiger partial charge in [-0.05, 0) is 12.8 Å². The van der Waals surface area contributed by atoms with Gasteiger partial charge >= 0.3 is 0 Å². The van der Waals surface area contributed by atoms with Gasteiger partial charge in [0.15, 0.2) is 5.96 Å². The SMILES string of the molecule is C=C(C)CNC(=NCC(=O)N(C)C)NCC(C(CC)CC)N1CCOCC1.I. The highest BCUT2D eigenvalue weighted by molar-refractivity contribution is 14.0. The lowest BCUT2D eigenvalue weighted by Gasteiger charge is -2.39. The monoisotopic (exact) mass is 509 g/mol. The minimum Gasteiger partial charge on any atom is -0.379 e. The number of aliphatic imine (C=N–C) groups is 1. The van der Waals surface area contributed by atoms with E-state index in [0.29, 0.717) is 24.5 Å². The van der Waals surface area contributed by atoms with Crippen LogP contribution in [0, 0.1) is 5.92 Å². The molecule has 1 aliphatic rings. The number of carbonyl (C=O) groups is 1. The van der Waals surface area contributed by atoms with E-state index in [1.54, 1.807) is 19.0 Å². The molecule has 0 aromatic carbocycles. The smallest absolute Gasteiger partial charge is 0.243 e. The molecule has 0 saturated carbocycles. The zero-order valence-corrected chi connectivity index (χ0v) is 20.6. The third-order valence-corrected chi connectivity index (χ3v) is 5.02. The summed E-state index contributed by atoms with van der Waals surface area (Å²) in [6, 6.07) is 0.422. The van der Waals surface area contributed by atoms with Crippen molar-refractivity contribution in [2.75, 3.05) is 60.0 Å². The van der Waals surface area contributed by atoms with E-state index < -0.39 is 0 Å². The van der Waals surface area contributed by atoms with Crippen LogP contribution in [0.2, 0.25) is 0 Å². The van der Waals surface area contributed by atoms with Crippen molar-refractivity contribution in [1.82, 2.24) is 20.4 Å². The van der Waals surface area contributed by atoms with Crippen molar-refractivity contribution in [3.05, 3.63) is 12.2 Å². The van der Waals surface area contributed by atoms with Gasteiger partial charge in [-0.15, -0.1) is 24.0 Å². The number of guanidine groups is 1. The Hall–Kier alpha value is -0.870. The maximum absolute atomic E-state index is 11.9. The summed E-state index contributed by atoms with van der Waals surface area (Å²) in [7, 11) is 3.49. The Kier molecular flexibility index (Phi) is 14.6.